The van der Waals surface area contributed by atoms with Crippen molar-refractivity contribution in [1.29, 1.82) is 0 Å². The van der Waals surface area contributed by atoms with Crippen molar-refractivity contribution in [1.82, 2.24) is 10.5 Å². The van der Waals surface area contributed by atoms with Crippen LogP contribution in [0.3, 0.4) is 0 Å². The first-order chi connectivity index (χ1) is 9.22. The summed E-state index contributed by atoms with van der Waals surface area (Å²) in [6.07, 6.45) is 0. The van der Waals surface area contributed by atoms with Crippen LogP contribution in [-0.2, 0) is 13.1 Å². The highest BCUT2D eigenvalue weighted by Crippen LogP contribution is 2.23. The van der Waals surface area contributed by atoms with Gasteiger partial charge in [-0.15, -0.1) is 0 Å². The molecule has 0 aliphatic rings. The van der Waals surface area contributed by atoms with Crippen LogP contribution in [0.25, 0.3) is 0 Å². The summed E-state index contributed by atoms with van der Waals surface area (Å²) in [4.78, 5) is 0. The van der Waals surface area contributed by atoms with E-state index in [1.165, 1.54) is 0 Å². The van der Waals surface area contributed by atoms with E-state index in [4.69, 9.17) is 14.0 Å². The summed E-state index contributed by atoms with van der Waals surface area (Å²) >= 11 is 0. The number of methoxy groups -OCH3 is 2. The summed E-state index contributed by atoms with van der Waals surface area (Å²) in [5.74, 6) is 2.47. The lowest BCUT2D eigenvalue weighted by atomic mass is 10.2. The SMILES string of the molecule is COc1ccc(OC)c(CNCc2cc(C)on2)c1. The Kier molecular flexibility index (Phi) is 4.41. The van der Waals surface area contributed by atoms with Crippen LogP contribution in [0.15, 0.2) is 28.8 Å². The van der Waals surface area contributed by atoms with Crippen LogP contribution in [0.4, 0.5) is 0 Å². The molecule has 0 saturated heterocycles. The number of rotatable bonds is 6. The fraction of sp³-hybridized carbons (Fsp3) is 0.357. The molecule has 0 amide bonds. The third-order valence-corrected chi connectivity index (χ3v) is 2.79. The smallest absolute Gasteiger partial charge is 0.133 e. The lowest BCUT2D eigenvalue weighted by Crippen LogP contribution is -2.13. The second kappa shape index (κ2) is 6.24. The molecule has 0 fully saturated rings. The Morgan fingerprint density at radius 1 is 1.16 bits per heavy atom. The van der Waals surface area contributed by atoms with E-state index in [0.29, 0.717) is 13.1 Å². The second-order valence-corrected chi connectivity index (χ2v) is 4.21. The molecule has 5 nitrogen and oxygen atoms in total. The van der Waals surface area contributed by atoms with Crippen LogP contribution in [0.1, 0.15) is 17.0 Å². The van der Waals surface area contributed by atoms with Crippen LogP contribution >= 0.6 is 0 Å². The molecule has 1 aromatic heterocycles. The molecule has 2 aromatic rings. The van der Waals surface area contributed by atoms with E-state index >= 15 is 0 Å². The molecule has 0 spiro atoms. The van der Waals surface area contributed by atoms with E-state index in [1.54, 1.807) is 14.2 Å². The molecule has 0 unspecified atom stereocenters. The molecule has 0 aliphatic carbocycles. The highest BCUT2D eigenvalue weighted by Gasteiger charge is 2.05. The molecule has 0 radical (unpaired) electrons. The van der Waals surface area contributed by atoms with Gasteiger partial charge in [-0.2, -0.15) is 0 Å². The number of hydrogen-bond donors (Lipinski definition) is 1. The van der Waals surface area contributed by atoms with Crippen LogP contribution in [0.2, 0.25) is 0 Å². The van der Waals surface area contributed by atoms with Crippen LogP contribution < -0.4 is 14.8 Å². The summed E-state index contributed by atoms with van der Waals surface area (Å²) in [5, 5.41) is 7.23. The Morgan fingerprint density at radius 3 is 2.63 bits per heavy atom. The van der Waals surface area contributed by atoms with E-state index in [0.717, 1.165) is 28.5 Å². The third-order valence-electron chi connectivity index (χ3n) is 2.79. The fourth-order valence-electron chi connectivity index (χ4n) is 1.85. The van der Waals surface area contributed by atoms with Gasteiger partial charge in [0, 0.05) is 24.7 Å². The number of ether oxygens (including phenoxy) is 2. The fourth-order valence-corrected chi connectivity index (χ4v) is 1.85. The maximum Gasteiger partial charge on any atom is 0.133 e. The van der Waals surface area contributed by atoms with Gasteiger partial charge in [-0.3, -0.25) is 0 Å². The van der Waals surface area contributed by atoms with Gasteiger partial charge in [0.15, 0.2) is 0 Å². The van der Waals surface area contributed by atoms with Gasteiger partial charge in [-0.1, -0.05) is 5.16 Å². The number of benzene rings is 1. The molecular formula is C14H18N2O3. The van der Waals surface area contributed by atoms with E-state index in [-0.39, 0.29) is 0 Å². The second-order valence-electron chi connectivity index (χ2n) is 4.21. The van der Waals surface area contributed by atoms with Crippen molar-refractivity contribution in [3.8, 4) is 11.5 Å². The molecule has 5 heteroatoms. The summed E-state index contributed by atoms with van der Waals surface area (Å²) in [7, 11) is 3.31. The first-order valence-electron chi connectivity index (χ1n) is 6.06. The minimum absolute atomic E-state index is 0.651. The molecule has 0 bridgehead atoms. The first kappa shape index (κ1) is 13.4. The molecule has 2 rings (SSSR count). The molecule has 0 saturated carbocycles. The Hall–Kier alpha value is -2.01. The Balaban J connectivity index is 1.98. The standard InChI is InChI=1S/C14H18N2O3/c1-10-6-12(16-19-10)9-15-8-11-7-13(17-2)4-5-14(11)18-3/h4-7,15H,8-9H2,1-3H3. The zero-order valence-corrected chi connectivity index (χ0v) is 11.4. The molecule has 1 heterocycles. The summed E-state index contributed by atoms with van der Waals surface area (Å²) in [6, 6.07) is 7.65. The molecule has 102 valence electrons. The van der Waals surface area contributed by atoms with Gasteiger partial charge >= 0.3 is 0 Å². The van der Waals surface area contributed by atoms with Crippen LogP contribution in [-0.4, -0.2) is 19.4 Å². The maximum atomic E-state index is 5.32. The molecule has 19 heavy (non-hydrogen) atoms. The quantitative estimate of drug-likeness (QED) is 0.865. The van der Waals surface area contributed by atoms with Gasteiger partial charge < -0.3 is 19.3 Å². The topological polar surface area (TPSA) is 56.5 Å². The lowest BCUT2D eigenvalue weighted by molar-refractivity contribution is 0.386. The van der Waals surface area contributed by atoms with Crippen molar-refractivity contribution in [2.24, 2.45) is 0 Å². The highest BCUT2D eigenvalue weighted by molar-refractivity contribution is 5.40. The van der Waals surface area contributed by atoms with Gasteiger partial charge in [-0.05, 0) is 25.1 Å². The minimum Gasteiger partial charge on any atom is -0.497 e. The van der Waals surface area contributed by atoms with Gasteiger partial charge in [0.2, 0.25) is 0 Å². The van der Waals surface area contributed by atoms with E-state index in [2.05, 4.69) is 10.5 Å². The third kappa shape index (κ3) is 3.48. The number of nitrogens with zero attached hydrogens (tertiary/aromatic N) is 1. The monoisotopic (exact) mass is 262 g/mol. The highest BCUT2D eigenvalue weighted by atomic mass is 16.5. The molecule has 0 aliphatic heterocycles. The maximum absolute atomic E-state index is 5.32. The predicted octanol–water partition coefficient (Wildman–Crippen LogP) is 2.29. The first-order valence-corrected chi connectivity index (χ1v) is 6.06. The number of aromatic nitrogens is 1. The lowest BCUT2D eigenvalue weighted by Gasteiger charge is -2.10. The average molecular weight is 262 g/mol. The van der Waals surface area contributed by atoms with Crippen molar-refractivity contribution in [2.45, 2.75) is 20.0 Å². The molecule has 0 atom stereocenters. The predicted molar refractivity (Wildman–Crippen MR) is 71.3 cm³/mol. The van der Waals surface area contributed by atoms with Crippen molar-refractivity contribution >= 4 is 0 Å². The van der Waals surface area contributed by atoms with Gasteiger partial charge in [-0.25, -0.2) is 0 Å². The molecular weight excluding hydrogens is 244 g/mol. The molecule has 1 aromatic carbocycles. The summed E-state index contributed by atoms with van der Waals surface area (Å²) < 4.78 is 15.5. The van der Waals surface area contributed by atoms with E-state index in [1.807, 2.05) is 31.2 Å². The van der Waals surface area contributed by atoms with Crippen LogP contribution in [0, 0.1) is 6.92 Å². The normalized spacial score (nSPS) is 10.5. The van der Waals surface area contributed by atoms with Crippen molar-refractivity contribution in [2.75, 3.05) is 14.2 Å². The minimum atomic E-state index is 0.651. The van der Waals surface area contributed by atoms with Crippen LogP contribution in [0.5, 0.6) is 11.5 Å². The summed E-state index contributed by atoms with van der Waals surface area (Å²) in [6.45, 7) is 3.20. The zero-order valence-electron chi connectivity index (χ0n) is 11.4. The Labute approximate surface area is 112 Å². The van der Waals surface area contributed by atoms with E-state index < -0.39 is 0 Å². The van der Waals surface area contributed by atoms with Gasteiger partial charge in [0.05, 0.1) is 19.9 Å². The van der Waals surface area contributed by atoms with Crippen molar-refractivity contribution in [3.63, 3.8) is 0 Å². The van der Waals surface area contributed by atoms with Crippen molar-refractivity contribution in [3.05, 3.63) is 41.3 Å². The number of hydrogen-bond acceptors (Lipinski definition) is 5. The number of nitrogens with one attached hydrogen (secondary N) is 1. The summed E-state index contributed by atoms with van der Waals surface area (Å²) in [5.41, 5.74) is 1.93. The van der Waals surface area contributed by atoms with Crippen molar-refractivity contribution < 1.29 is 14.0 Å². The average Bonchev–Trinajstić information content (AvgIpc) is 2.84. The Bertz CT molecular complexity index is 537. The Morgan fingerprint density at radius 2 is 2.00 bits per heavy atom. The van der Waals surface area contributed by atoms with E-state index in [9.17, 15) is 0 Å². The van der Waals surface area contributed by atoms with Gasteiger partial charge in [0.1, 0.15) is 17.3 Å². The van der Waals surface area contributed by atoms with Gasteiger partial charge in [0.25, 0.3) is 0 Å². The number of aryl methyl sites for hydroxylation is 1. The zero-order chi connectivity index (χ0) is 13.7. The molecule has 1 N–H and O–H groups in total. The largest absolute Gasteiger partial charge is 0.497 e.